The molecule has 17 heavy (non-hydrogen) atoms. The van der Waals surface area contributed by atoms with Gasteiger partial charge in [-0.15, -0.1) is 11.8 Å². The molecular weight excluding hydrogens is 272 g/mol. The summed E-state index contributed by atoms with van der Waals surface area (Å²) in [6, 6.07) is 10.4. The largest absolute Gasteiger partial charge is 0.481 e. The molecule has 0 aliphatic rings. The molecule has 0 fully saturated rings. The molecule has 2 nitrogen and oxygen atoms in total. The Bertz CT molecular complexity index is 330. The number of hydrogen-bond acceptors (Lipinski definition) is 4. The van der Waals surface area contributed by atoms with Crippen LogP contribution in [0.15, 0.2) is 30.3 Å². The van der Waals surface area contributed by atoms with Crippen molar-refractivity contribution in [3.8, 4) is 0 Å². The molecule has 0 aromatic heterocycles. The van der Waals surface area contributed by atoms with E-state index >= 15 is 0 Å². The molecular formula is C12H16O2S3. The van der Waals surface area contributed by atoms with E-state index in [1.54, 1.807) is 21.6 Å². The lowest BCUT2D eigenvalue weighted by Crippen LogP contribution is -1.94. The van der Waals surface area contributed by atoms with Crippen LogP contribution in [0.5, 0.6) is 0 Å². The van der Waals surface area contributed by atoms with E-state index in [2.05, 4.69) is 31.2 Å². The van der Waals surface area contributed by atoms with Gasteiger partial charge in [0.15, 0.2) is 0 Å². The van der Waals surface area contributed by atoms with Gasteiger partial charge in [-0.1, -0.05) is 51.9 Å². The third-order valence-electron chi connectivity index (χ3n) is 2.12. The Morgan fingerprint density at radius 2 is 2.00 bits per heavy atom. The fourth-order valence-corrected chi connectivity index (χ4v) is 4.92. The molecule has 1 N–H and O–H groups in total. The highest BCUT2D eigenvalue weighted by molar-refractivity contribution is 8.78. The van der Waals surface area contributed by atoms with Crippen molar-refractivity contribution in [3.05, 3.63) is 35.9 Å². The highest BCUT2D eigenvalue weighted by Crippen LogP contribution is 2.34. The summed E-state index contributed by atoms with van der Waals surface area (Å²) in [6.07, 6.45) is 0.247. The van der Waals surface area contributed by atoms with Crippen LogP contribution >= 0.6 is 33.3 Å². The zero-order chi connectivity index (χ0) is 12.5. The molecule has 1 aromatic carbocycles. The van der Waals surface area contributed by atoms with Gasteiger partial charge in [0.25, 0.3) is 0 Å². The standard InChI is InChI=1S/C12H16O2S3/c1-10(11-5-3-2-4-6-11)15-9-17-16-8-7-12(13)14/h2-6,10H,7-9H2,1H3,(H,13,14). The molecule has 0 aliphatic carbocycles. The van der Waals surface area contributed by atoms with Crippen molar-refractivity contribution < 1.29 is 9.90 Å². The van der Waals surface area contributed by atoms with E-state index in [1.165, 1.54) is 5.56 Å². The van der Waals surface area contributed by atoms with Crippen molar-refractivity contribution in [3.63, 3.8) is 0 Å². The molecule has 0 heterocycles. The van der Waals surface area contributed by atoms with E-state index < -0.39 is 5.97 Å². The van der Waals surface area contributed by atoms with E-state index in [0.717, 1.165) is 5.08 Å². The number of carbonyl (C=O) groups is 1. The number of benzene rings is 1. The first-order valence-corrected chi connectivity index (χ1v) is 8.86. The van der Waals surface area contributed by atoms with E-state index in [4.69, 9.17) is 5.11 Å². The number of thioether (sulfide) groups is 1. The van der Waals surface area contributed by atoms with Gasteiger partial charge in [0.05, 0.1) is 11.5 Å². The number of carboxylic acids is 1. The van der Waals surface area contributed by atoms with Gasteiger partial charge >= 0.3 is 5.97 Å². The molecule has 0 bridgehead atoms. The minimum Gasteiger partial charge on any atom is -0.481 e. The Morgan fingerprint density at radius 3 is 2.65 bits per heavy atom. The predicted octanol–water partition coefficient (Wildman–Crippen LogP) is 4.29. The lowest BCUT2D eigenvalue weighted by atomic mass is 10.2. The van der Waals surface area contributed by atoms with Crippen LogP contribution in [0.3, 0.4) is 0 Å². The maximum atomic E-state index is 10.3. The van der Waals surface area contributed by atoms with Crippen molar-refractivity contribution >= 4 is 39.3 Å². The molecule has 0 amide bonds. The minimum absolute atomic E-state index is 0.247. The van der Waals surface area contributed by atoms with Crippen LogP contribution in [0.25, 0.3) is 0 Å². The lowest BCUT2D eigenvalue weighted by Gasteiger charge is -2.10. The predicted molar refractivity (Wildman–Crippen MR) is 79.6 cm³/mol. The van der Waals surface area contributed by atoms with Gasteiger partial charge < -0.3 is 5.11 Å². The zero-order valence-corrected chi connectivity index (χ0v) is 12.1. The Hall–Kier alpha value is -0.260. The van der Waals surface area contributed by atoms with Crippen molar-refractivity contribution in [2.45, 2.75) is 18.6 Å². The van der Waals surface area contributed by atoms with Gasteiger partial charge in [-0.2, -0.15) is 0 Å². The van der Waals surface area contributed by atoms with Crippen LogP contribution in [0.4, 0.5) is 0 Å². The molecule has 94 valence electrons. The first-order chi connectivity index (χ1) is 8.20. The molecule has 1 aromatic rings. The van der Waals surface area contributed by atoms with Gasteiger partial charge in [0.2, 0.25) is 0 Å². The topological polar surface area (TPSA) is 37.3 Å². The molecule has 0 aliphatic heterocycles. The van der Waals surface area contributed by atoms with Crippen LogP contribution in [-0.4, -0.2) is 21.9 Å². The molecule has 1 rings (SSSR count). The molecule has 0 radical (unpaired) electrons. The van der Waals surface area contributed by atoms with Crippen LogP contribution in [0, 0.1) is 0 Å². The maximum absolute atomic E-state index is 10.3. The smallest absolute Gasteiger partial charge is 0.304 e. The summed E-state index contributed by atoms with van der Waals surface area (Å²) in [5, 5.41) is 9.96. The Morgan fingerprint density at radius 1 is 1.29 bits per heavy atom. The number of carboxylic acid groups (broad SMARTS) is 1. The first kappa shape index (κ1) is 14.8. The van der Waals surface area contributed by atoms with E-state index in [-0.39, 0.29) is 6.42 Å². The Labute approximate surface area is 114 Å². The third kappa shape index (κ3) is 6.91. The highest BCUT2D eigenvalue weighted by atomic mass is 33.1. The van der Waals surface area contributed by atoms with Crippen LogP contribution in [0.2, 0.25) is 0 Å². The van der Waals surface area contributed by atoms with Gasteiger partial charge in [0, 0.05) is 11.0 Å². The van der Waals surface area contributed by atoms with Crippen LogP contribution < -0.4 is 0 Å². The SMILES string of the molecule is CC(SCSSCCC(=O)O)c1ccccc1. The summed E-state index contributed by atoms with van der Waals surface area (Å²) in [5.41, 5.74) is 1.34. The van der Waals surface area contributed by atoms with Crippen LogP contribution in [0.1, 0.15) is 24.2 Å². The third-order valence-corrected chi connectivity index (χ3v) is 6.22. The summed E-state index contributed by atoms with van der Waals surface area (Å²) in [7, 11) is 3.37. The normalized spacial score (nSPS) is 12.3. The van der Waals surface area contributed by atoms with Crippen molar-refractivity contribution in [1.29, 1.82) is 0 Å². The highest BCUT2D eigenvalue weighted by Gasteiger charge is 2.05. The molecule has 0 spiro atoms. The van der Waals surface area contributed by atoms with Crippen LogP contribution in [-0.2, 0) is 4.79 Å². The molecule has 1 atom stereocenters. The second-order valence-corrected chi connectivity index (χ2v) is 7.70. The zero-order valence-electron chi connectivity index (χ0n) is 9.67. The van der Waals surface area contributed by atoms with Gasteiger partial charge in [-0.05, 0) is 12.5 Å². The fraction of sp³-hybridized carbons (Fsp3) is 0.417. The molecule has 0 saturated carbocycles. The molecule has 5 heteroatoms. The molecule has 1 unspecified atom stereocenters. The van der Waals surface area contributed by atoms with E-state index in [0.29, 0.717) is 11.0 Å². The van der Waals surface area contributed by atoms with Gasteiger partial charge in [0.1, 0.15) is 0 Å². The van der Waals surface area contributed by atoms with E-state index in [9.17, 15) is 4.79 Å². The van der Waals surface area contributed by atoms with Crippen molar-refractivity contribution in [2.75, 3.05) is 10.8 Å². The monoisotopic (exact) mass is 288 g/mol. The second kappa shape index (κ2) is 8.78. The number of hydrogen-bond donors (Lipinski definition) is 1. The lowest BCUT2D eigenvalue weighted by molar-refractivity contribution is -0.136. The average Bonchev–Trinajstić information content (AvgIpc) is 2.34. The maximum Gasteiger partial charge on any atom is 0.304 e. The second-order valence-electron chi connectivity index (χ2n) is 3.42. The minimum atomic E-state index is -0.719. The summed E-state index contributed by atoms with van der Waals surface area (Å²) in [4.78, 5) is 10.3. The summed E-state index contributed by atoms with van der Waals surface area (Å²) in [6.45, 7) is 2.20. The number of rotatable bonds is 8. The fourth-order valence-electron chi connectivity index (χ4n) is 1.17. The van der Waals surface area contributed by atoms with Crippen molar-refractivity contribution in [2.24, 2.45) is 0 Å². The Balaban J connectivity index is 2.09. The van der Waals surface area contributed by atoms with Gasteiger partial charge in [-0.25, -0.2) is 0 Å². The summed E-state index contributed by atoms with van der Waals surface area (Å²) >= 11 is 1.88. The van der Waals surface area contributed by atoms with Crippen molar-refractivity contribution in [1.82, 2.24) is 0 Å². The van der Waals surface area contributed by atoms with E-state index in [1.807, 2.05) is 17.8 Å². The average molecular weight is 288 g/mol. The first-order valence-electron chi connectivity index (χ1n) is 5.33. The number of aliphatic carboxylic acids is 1. The summed E-state index contributed by atoms with van der Waals surface area (Å²) in [5.74, 6) is -0.0382. The summed E-state index contributed by atoms with van der Waals surface area (Å²) < 4.78 is 0. The molecule has 0 saturated heterocycles. The quantitative estimate of drug-likeness (QED) is 0.438. The Kier molecular flexibility index (Phi) is 7.64. The van der Waals surface area contributed by atoms with Gasteiger partial charge in [-0.3, -0.25) is 4.79 Å².